The summed E-state index contributed by atoms with van der Waals surface area (Å²) in [6.07, 6.45) is 0. The quantitative estimate of drug-likeness (QED) is 0.691. The van der Waals surface area contributed by atoms with Gasteiger partial charge in [0, 0.05) is 6.54 Å². The number of hydrogen-bond donors (Lipinski definition) is 0. The van der Waals surface area contributed by atoms with Crippen molar-refractivity contribution in [1.29, 1.82) is 0 Å². The van der Waals surface area contributed by atoms with Crippen LogP contribution in [-0.4, -0.2) is 6.54 Å². The molecule has 16 heavy (non-hydrogen) atoms. The van der Waals surface area contributed by atoms with E-state index in [4.69, 9.17) is 0 Å². The van der Waals surface area contributed by atoms with Crippen LogP contribution in [0.5, 0.6) is 0 Å². The molecule has 1 aliphatic rings. The number of halogens is 1. The first kappa shape index (κ1) is 9.40. The molecule has 0 saturated carbocycles. The molecule has 0 aromatic heterocycles. The molecule has 80 valence electrons. The Morgan fingerprint density at radius 3 is 2.38 bits per heavy atom. The average Bonchev–Trinajstić information content (AvgIpc) is 3.11. The fourth-order valence-corrected chi connectivity index (χ4v) is 2.05. The zero-order valence-corrected chi connectivity index (χ0v) is 8.81. The van der Waals surface area contributed by atoms with Crippen LogP contribution in [0.4, 0.5) is 10.1 Å². The van der Waals surface area contributed by atoms with Gasteiger partial charge in [-0.15, -0.1) is 0 Å². The van der Waals surface area contributed by atoms with Crippen LogP contribution < -0.4 is 4.90 Å². The molecule has 1 fully saturated rings. The summed E-state index contributed by atoms with van der Waals surface area (Å²) >= 11 is 0. The second-order valence-electron chi connectivity index (χ2n) is 4.03. The van der Waals surface area contributed by atoms with Crippen LogP contribution in [0.3, 0.4) is 0 Å². The number of anilines is 1. The van der Waals surface area contributed by atoms with E-state index in [-0.39, 0.29) is 5.82 Å². The van der Waals surface area contributed by atoms with Crippen molar-refractivity contribution in [3.63, 3.8) is 0 Å². The highest BCUT2D eigenvalue weighted by molar-refractivity contribution is 5.57. The molecule has 1 saturated heterocycles. The van der Waals surface area contributed by atoms with E-state index in [0.717, 1.165) is 6.54 Å². The van der Waals surface area contributed by atoms with Gasteiger partial charge in [-0.2, -0.15) is 0 Å². The number of nitrogens with zero attached hydrogens (tertiary/aromatic N) is 1. The second-order valence-corrected chi connectivity index (χ2v) is 4.03. The van der Waals surface area contributed by atoms with Crippen molar-refractivity contribution in [3.05, 3.63) is 66.0 Å². The van der Waals surface area contributed by atoms with Gasteiger partial charge in [-0.1, -0.05) is 42.5 Å². The van der Waals surface area contributed by atoms with Gasteiger partial charge < -0.3 is 4.90 Å². The molecular weight excluding hydrogens is 201 g/mol. The first-order valence-electron chi connectivity index (χ1n) is 5.42. The van der Waals surface area contributed by atoms with Crippen LogP contribution >= 0.6 is 0 Å². The van der Waals surface area contributed by atoms with Crippen molar-refractivity contribution in [2.24, 2.45) is 0 Å². The van der Waals surface area contributed by atoms with Crippen LogP contribution in [-0.2, 0) is 0 Å². The van der Waals surface area contributed by atoms with E-state index in [2.05, 4.69) is 17.0 Å². The molecule has 0 spiro atoms. The van der Waals surface area contributed by atoms with Gasteiger partial charge in [-0.25, -0.2) is 4.39 Å². The van der Waals surface area contributed by atoms with E-state index in [1.165, 1.54) is 11.6 Å². The Kier molecular flexibility index (Phi) is 2.13. The van der Waals surface area contributed by atoms with Gasteiger partial charge in [-0.3, -0.25) is 0 Å². The Balaban J connectivity index is 1.85. The molecule has 1 atom stereocenters. The molecule has 2 aromatic rings. The zero-order valence-electron chi connectivity index (χ0n) is 8.81. The number of hydrogen-bond acceptors (Lipinski definition) is 1. The standard InChI is InChI=1S/C14H12FN/c15-12-8-4-5-9-13(12)16-10-14(16)11-6-2-1-3-7-11/h1-9,14H,10H2/t14-,16?/m1/s1. The summed E-state index contributed by atoms with van der Waals surface area (Å²) in [4.78, 5) is 2.07. The summed E-state index contributed by atoms with van der Waals surface area (Å²) in [5.74, 6) is -0.138. The van der Waals surface area contributed by atoms with E-state index < -0.39 is 0 Å². The highest BCUT2D eigenvalue weighted by Gasteiger charge is 2.36. The number of rotatable bonds is 2. The van der Waals surface area contributed by atoms with Crippen molar-refractivity contribution >= 4 is 5.69 Å². The first-order valence-corrected chi connectivity index (χ1v) is 5.42. The maximum absolute atomic E-state index is 13.5. The second kappa shape index (κ2) is 3.63. The third-order valence-corrected chi connectivity index (χ3v) is 2.96. The van der Waals surface area contributed by atoms with Crippen LogP contribution in [0.15, 0.2) is 54.6 Å². The fourth-order valence-electron chi connectivity index (χ4n) is 2.05. The van der Waals surface area contributed by atoms with E-state index in [1.807, 2.05) is 30.3 Å². The van der Waals surface area contributed by atoms with Gasteiger partial charge >= 0.3 is 0 Å². The van der Waals surface area contributed by atoms with Gasteiger partial charge in [0.1, 0.15) is 5.82 Å². The van der Waals surface area contributed by atoms with Gasteiger partial charge in [0.25, 0.3) is 0 Å². The van der Waals surface area contributed by atoms with E-state index in [9.17, 15) is 4.39 Å². The third kappa shape index (κ3) is 1.56. The van der Waals surface area contributed by atoms with Gasteiger partial charge in [0.2, 0.25) is 0 Å². The van der Waals surface area contributed by atoms with Gasteiger partial charge in [-0.05, 0) is 17.7 Å². The lowest BCUT2D eigenvalue weighted by Gasteiger charge is -2.06. The summed E-state index contributed by atoms with van der Waals surface area (Å²) < 4.78 is 13.5. The van der Waals surface area contributed by atoms with Crippen molar-refractivity contribution in [2.75, 3.05) is 11.4 Å². The van der Waals surface area contributed by atoms with Gasteiger partial charge in [0.15, 0.2) is 0 Å². The molecular formula is C14H12FN. The average molecular weight is 213 g/mol. The molecule has 0 bridgehead atoms. The minimum atomic E-state index is -0.138. The Morgan fingerprint density at radius 1 is 0.938 bits per heavy atom. The van der Waals surface area contributed by atoms with Crippen LogP contribution in [0.25, 0.3) is 0 Å². The lowest BCUT2D eigenvalue weighted by Crippen LogP contribution is -1.96. The first-order chi connectivity index (χ1) is 7.86. The minimum Gasteiger partial charge on any atom is -0.358 e. The fraction of sp³-hybridized carbons (Fsp3) is 0.143. The summed E-state index contributed by atoms with van der Waals surface area (Å²) in [5.41, 5.74) is 1.96. The minimum absolute atomic E-state index is 0.138. The smallest absolute Gasteiger partial charge is 0.146 e. The molecule has 0 radical (unpaired) electrons. The summed E-state index contributed by atoms with van der Waals surface area (Å²) in [5, 5.41) is 0. The number of para-hydroxylation sites is 1. The van der Waals surface area contributed by atoms with Crippen molar-refractivity contribution in [3.8, 4) is 0 Å². The molecule has 0 N–H and O–H groups in total. The Bertz CT molecular complexity index is 495. The van der Waals surface area contributed by atoms with E-state index in [1.54, 1.807) is 6.07 Å². The highest BCUT2D eigenvalue weighted by atomic mass is 19.1. The normalized spacial score (nSPS) is 18.6. The molecule has 3 rings (SSSR count). The highest BCUT2D eigenvalue weighted by Crippen LogP contribution is 2.40. The predicted octanol–water partition coefficient (Wildman–Crippen LogP) is 3.39. The number of benzene rings is 2. The van der Waals surface area contributed by atoms with Crippen molar-refractivity contribution in [2.45, 2.75) is 6.04 Å². The lowest BCUT2D eigenvalue weighted by molar-refractivity contribution is 0.628. The lowest BCUT2D eigenvalue weighted by atomic mass is 10.2. The summed E-state index contributed by atoms with van der Waals surface area (Å²) in [6, 6.07) is 17.5. The molecule has 1 nitrogen and oxygen atoms in total. The molecule has 0 unspecified atom stereocenters. The molecule has 0 amide bonds. The molecule has 2 heteroatoms. The summed E-state index contributed by atoms with van der Waals surface area (Å²) in [6.45, 7) is 0.908. The molecule has 0 aliphatic carbocycles. The Morgan fingerprint density at radius 2 is 1.62 bits per heavy atom. The largest absolute Gasteiger partial charge is 0.358 e. The van der Waals surface area contributed by atoms with Crippen LogP contribution in [0.2, 0.25) is 0 Å². The van der Waals surface area contributed by atoms with E-state index in [0.29, 0.717) is 11.7 Å². The SMILES string of the molecule is Fc1ccccc1N1C[C@@H]1c1ccccc1. The maximum Gasteiger partial charge on any atom is 0.146 e. The Hall–Kier alpha value is -1.83. The zero-order chi connectivity index (χ0) is 11.0. The van der Waals surface area contributed by atoms with Crippen LogP contribution in [0, 0.1) is 5.82 Å². The molecule has 1 aliphatic heterocycles. The van der Waals surface area contributed by atoms with Crippen molar-refractivity contribution < 1.29 is 4.39 Å². The Labute approximate surface area is 94.1 Å². The van der Waals surface area contributed by atoms with Gasteiger partial charge in [0.05, 0.1) is 11.7 Å². The topological polar surface area (TPSA) is 3.01 Å². The molecule has 2 aromatic carbocycles. The van der Waals surface area contributed by atoms with Crippen molar-refractivity contribution in [1.82, 2.24) is 0 Å². The van der Waals surface area contributed by atoms with E-state index >= 15 is 0 Å². The maximum atomic E-state index is 13.5. The molecule has 1 heterocycles. The third-order valence-electron chi connectivity index (χ3n) is 2.96. The monoisotopic (exact) mass is 213 g/mol. The predicted molar refractivity (Wildman–Crippen MR) is 62.9 cm³/mol. The summed E-state index contributed by atoms with van der Waals surface area (Å²) in [7, 11) is 0. The van der Waals surface area contributed by atoms with Crippen LogP contribution in [0.1, 0.15) is 11.6 Å².